The number of fused-ring (bicyclic) bond motifs is 2. The van der Waals surface area contributed by atoms with E-state index in [1.54, 1.807) is 0 Å². The molecule has 5 aromatic rings. The average Bonchev–Trinajstić information content (AvgIpc) is 3.10. The number of rotatable bonds is 11. The standard InChI is InChI=1S/C45H41P/c1-8-10-21-35(5)46(7,39-24-15-12-16-25-39)36(6)31-30-33(3)34(4)32-37(9-2)44-40-26-17-19-28-42(40)45(38-22-13-11-14-23-38)43-29-20-18-27-41(43)44/h8-32H,2-4,6-7H2,1,5H3/b10-8-,31-30-,35-21+,37-32+. The Kier molecular flexibility index (Phi) is 10.0. The first-order chi connectivity index (χ1) is 22.3. The van der Waals surface area contributed by atoms with E-state index < -0.39 is 6.89 Å². The van der Waals surface area contributed by atoms with Crippen molar-refractivity contribution in [3.8, 4) is 11.1 Å². The zero-order chi connectivity index (χ0) is 32.7. The van der Waals surface area contributed by atoms with Crippen LogP contribution < -0.4 is 5.30 Å². The zero-order valence-electron chi connectivity index (χ0n) is 26.9. The lowest BCUT2D eigenvalue weighted by Gasteiger charge is -2.27. The Balaban J connectivity index is 1.56. The molecule has 0 aromatic heterocycles. The van der Waals surface area contributed by atoms with Crippen molar-refractivity contribution >= 4 is 45.6 Å². The van der Waals surface area contributed by atoms with E-state index in [0.717, 1.165) is 27.6 Å². The summed E-state index contributed by atoms with van der Waals surface area (Å²) < 4.78 is 0. The molecule has 0 aliphatic heterocycles. The summed E-state index contributed by atoms with van der Waals surface area (Å²) in [6.07, 6.45) is 19.1. The fourth-order valence-electron chi connectivity index (χ4n) is 5.94. The fraction of sp³-hybridized carbons (Fsp3) is 0.0444. The van der Waals surface area contributed by atoms with E-state index in [0.29, 0.717) is 0 Å². The van der Waals surface area contributed by atoms with Crippen LogP contribution in [0.2, 0.25) is 0 Å². The van der Waals surface area contributed by atoms with Crippen LogP contribution in [0.25, 0.3) is 38.2 Å². The second kappa shape index (κ2) is 14.3. The van der Waals surface area contributed by atoms with Crippen molar-refractivity contribution < 1.29 is 0 Å². The number of benzene rings is 5. The molecule has 0 bridgehead atoms. The van der Waals surface area contributed by atoms with Crippen molar-refractivity contribution in [2.24, 2.45) is 0 Å². The zero-order valence-corrected chi connectivity index (χ0v) is 27.8. The molecule has 0 saturated carbocycles. The van der Waals surface area contributed by atoms with Gasteiger partial charge in [-0.2, -0.15) is 0 Å². The first-order valence-corrected chi connectivity index (χ1v) is 17.5. The van der Waals surface area contributed by atoms with Crippen molar-refractivity contribution in [2.45, 2.75) is 13.8 Å². The summed E-state index contributed by atoms with van der Waals surface area (Å²) in [6, 6.07) is 38.3. The van der Waals surface area contributed by atoms with Gasteiger partial charge in [-0.05, 0) is 97.7 Å². The minimum absolute atomic E-state index is 0.810. The average molecular weight is 613 g/mol. The Morgan fingerprint density at radius 1 is 0.652 bits per heavy atom. The van der Waals surface area contributed by atoms with E-state index >= 15 is 0 Å². The Morgan fingerprint density at radius 2 is 1.17 bits per heavy atom. The van der Waals surface area contributed by atoms with Gasteiger partial charge in [-0.15, -0.1) is 0 Å². The van der Waals surface area contributed by atoms with Gasteiger partial charge in [0.15, 0.2) is 0 Å². The number of allylic oxidation sites excluding steroid dienone is 12. The van der Waals surface area contributed by atoms with Crippen LogP contribution in [0.1, 0.15) is 19.4 Å². The molecule has 0 radical (unpaired) electrons. The van der Waals surface area contributed by atoms with Crippen LogP contribution in [-0.2, 0) is 0 Å². The molecular formula is C45H41P. The van der Waals surface area contributed by atoms with Crippen LogP contribution in [0.4, 0.5) is 0 Å². The summed E-state index contributed by atoms with van der Waals surface area (Å²) in [5.41, 5.74) is 6.20. The molecule has 1 heteroatoms. The molecule has 0 fully saturated rings. The van der Waals surface area contributed by atoms with Gasteiger partial charge in [0.2, 0.25) is 0 Å². The Hall–Kier alpha value is -5.16. The third-order valence-corrected chi connectivity index (χ3v) is 12.2. The van der Waals surface area contributed by atoms with Gasteiger partial charge in [0.1, 0.15) is 0 Å². The highest BCUT2D eigenvalue weighted by molar-refractivity contribution is 7.88. The minimum atomic E-state index is -2.11. The maximum atomic E-state index is 4.78. The van der Waals surface area contributed by atoms with E-state index in [-0.39, 0.29) is 0 Å². The van der Waals surface area contributed by atoms with E-state index in [1.165, 1.54) is 43.3 Å². The Labute approximate surface area is 275 Å². The van der Waals surface area contributed by atoms with E-state index in [1.807, 2.05) is 31.2 Å². The lowest BCUT2D eigenvalue weighted by atomic mass is 9.85. The van der Waals surface area contributed by atoms with Crippen molar-refractivity contribution in [1.29, 1.82) is 0 Å². The molecule has 5 rings (SSSR count). The van der Waals surface area contributed by atoms with Gasteiger partial charge in [-0.3, -0.25) is 0 Å². The largest absolute Gasteiger partial charge is 0.0984 e. The first kappa shape index (κ1) is 32.2. The fourth-order valence-corrected chi connectivity index (χ4v) is 8.48. The first-order valence-electron chi connectivity index (χ1n) is 15.5. The van der Waals surface area contributed by atoms with Gasteiger partial charge in [-0.25, -0.2) is 0 Å². The highest BCUT2D eigenvalue weighted by atomic mass is 31.2. The van der Waals surface area contributed by atoms with Crippen LogP contribution in [0.5, 0.6) is 0 Å². The molecule has 0 N–H and O–H groups in total. The van der Waals surface area contributed by atoms with Crippen molar-refractivity contribution in [1.82, 2.24) is 0 Å². The van der Waals surface area contributed by atoms with Gasteiger partial charge < -0.3 is 0 Å². The summed E-state index contributed by atoms with van der Waals surface area (Å²) in [4.78, 5) is 0. The van der Waals surface area contributed by atoms with E-state index in [2.05, 4.69) is 161 Å². The maximum absolute atomic E-state index is 4.78. The lowest BCUT2D eigenvalue weighted by molar-refractivity contribution is 1.58. The molecule has 0 amide bonds. The number of hydrogen-bond donors (Lipinski definition) is 0. The third kappa shape index (κ3) is 6.32. The molecule has 1 atom stereocenters. The van der Waals surface area contributed by atoms with Gasteiger partial charge in [0.05, 0.1) is 0 Å². The number of hydrogen-bond acceptors (Lipinski definition) is 0. The summed E-state index contributed by atoms with van der Waals surface area (Å²) in [5, 5.41) is 8.13. The van der Waals surface area contributed by atoms with Gasteiger partial charge in [0, 0.05) is 0 Å². The van der Waals surface area contributed by atoms with E-state index in [4.69, 9.17) is 6.30 Å². The molecule has 0 aliphatic rings. The van der Waals surface area contributed by atoms with Crippen LogP contribution in [-0.4, -0.2) is 6.30 Å². The quantitative estimate of drug-likeness (QED) is 0.0791. The molecule has 1 unspecified atom stereocenters. The molecule has 0 aliphatic carbocycles. The molecule has 226 valence electrons. The maximum Gasteiger partial charge on any atom is -0.00264 e. The second-order valence-electron chi connectivity index (χ2n) is 11.4. The molecule has 0 nitrogen and oxygen atoms in total. The van der Waals surface area contributed by atoms with Gasteiger partial charge >= 0.3 is 0 Å². The topological polar surface area (TPSA) is 0 Å². The predicted octanol–water partition coefficient (Wildman–Crippen LogP) is 12.7. The highest BCUT2D eigenvalue weighted by Crippen LogP contribution is 2.59. The second-order valence-corrected chi connectivity index (χ2v) is 14.8. The summed E-state index contributed by atoms with van der Waals surface area (Å²) in [6.45, 7) is 19.7. The molecule has 0 saturated heterocycles. The normalized spacial score (nSPS) is 13.7. The Bertz CT molecular complexity index is 2070. The molecule has 0 heterocycles. The molecule has 0 spiro atoms. The van der Waals surface area contributed by atoms with Gasteiger partial charge in [-0.1, -0.05) is 178 Å². The molecular weight excluding hydrogens is 571 g/mol. The minimum Gasteiger partial charge on any atom is -0.0984 e. The smallest absolute Gasteiger partial charge is 0.00264 e. The summed E-state index contributed by atoms with van der Waals surface area (Å²) in [5.74, 6) is 0. The molecule has 5 aromatic carbocycles. The van der Waals surface area contributed by atoms with Crippen LogP contribution in [0, 0.1) is 0 Å². The van der Waals surface area contributed by atoms with Crippen molar-refractivity contribution in [3.05, 3.63) is 205 Å². The van der Waals surface area contributed by atoms with Crippen molar-refractivity contribution in [3.63, 3.8) is 0 Å². The predicted molar refractivity (Wildman–Crippen MR) is 210 cm³/mol. The highest BCUT2D eigenvalue weighted by Gasteiger charge is 2.21. The monoisotopic (exact) mass is 612 g/mol. The van der Waals surface area contributed by atoms with Crippen molar-refractivity contribution in [2.75, 3.05) is 0 Å². The van der Waals surface area contributed by atoms with Crippen LogP contribution >= 0.6 is 6.89 Å². The molecule has 46 heavy (non-hydrogen) atoms. The lowest BCUT2D eigenvalue weighted by Crippen LogP contribution is -2.06. The summed E-state index contributed by atoms with van der Waals surface area (Å²) >= 11 is 0. The SMILES string of the molecule is C=C/C(=C\C(=C)C(=C)/C=C\C(=C)P(=C)(/C(C)=C/C=C\C)c1ccccc1)c1c2ccccc2c(-c2ccccc2)c2ccccc12. The Morgan fingerprint density at radius 3 is 1.72 bits per heavy atom. The third-order valence-electron chi connectivity index (χ3n) is 8.54. The van der Waals surface area contributed by atoms with Crippen LogP contribution in [0.15, 0.2) is 200 Å². The van der Waals surface area contributed by atoms with Gasteiger partial charge in [0.25, 0.3) is 0 Å². The van der Waals surface area contributed by atoms with E-state index in [9.17, 15) is 0 Å². The summed E-state index contributed by atoms with van der Waals surface area (Å²) in [7, 11) is 0. The van der Waals surface area contributed by atoms with Crippen LogP contribution in [0.3, 0.4) is 0 Å².